The molecule has 1 saturated heterocycles. The van der Waals surface area contributed by atoms with Crippen LogP contribution in [0, 0.1) is 22.7 Å². The molecule has 136 valence electrons. The molecule has 4 rings (SSSR count). The first-order valence-corrected chi connectivity index (χ1v) is 9.78. The third-order valence-corrected chi connectivity index (χ3v) is 7.71. The average Bonchev–Trinajstić information content (AvgIpc) is 3.17. The molecule has 0 N–H and O–H groups in total. The second-order valence-electron chi connectivity index (χ2n) is 8.93. The van der Waals surface area contributed by atoms with E-state index in [1.165, 1.54) is 12.8 Å². The number of ketones is 1. The van der Waals surface area contributed by atoms with E-state index in [0.29, 0.717) is 17.8 Å². The van der Waals surface area contributed by atoms with E-state index in [4.69, 9.17) is 9.47 Å². The Balaban J connectivity index is 1.46. The molecule has 0 spiro atoms. The van der Waals surface area contributed by atoms with E-state index in [-0.39, 0.29) is 23.6 Å². The molecule has 0 amide bonds. The van der Waals surface area contributed by atoms with Gasteiger partial charge in [0.2, 0.25) is 0 Å². The lowest BCUT2D eigenvalue weighted by Gasteiger charge is -2.38. The Morgan fingerprint density at radius 1 is 1.28 bits per heavy atom. The summed E-state index contributed by atoms with van der Waals surface area (Å²) in [7, 11) is 0. The highest BCUT2D eigenvalue weighted by molar-refractivity contribution is 5.99. The van der Waals surface area contributed by atoms with Crippen molar-refractivity contribution in [3.63, 3.8) is 0 Å². The summed E-state index contributed by atoms with van der Waals surface area (Å²) in [5, 5.41) is 0. The SMILES string of the molecule is CC[C@@H](O[C@@H]1C[C@H]2[C@H]3CC[C@@](C)([C@H]2O1)C3(C)C)C(=O)c1ccccc1. The fourth-order valence-corrected chi connectivity index (χ4v) is 5.89. The predicted octanol–water partition coefficient (Wildman–Crippen LogP) is 4.85. The lowest BCUT2D eigenvalue weighted by Crippen LogP contribution is -2.38. The molecular weight excluding hydrogens is 312 g/mol. The van der Waals surface area contributed by atoms with Crippen LogP contribution in [0.4, 0.5) is 0 Å². The molecule has 2 bridgehead atoms. The van der Waals surface area contributed by atoms with Crippen molar-refractivity contribution in [3.8, 4) is 0 Å². The van der Waals surface area contributed by atoms with E-state index in [2.05, 4.69) is 20.8 Å². The van der Waals surface area contributed by atoms with Gasteiger partial charge in [0, 0.05) is 12.0 Å². The van der Waals surface area contributed by atoms with Crippen LogP contribution in [0.1, 0.15) is 63.7 Å². The van der Waals surface area contributed by atoms with Gasteiger partial charge in [-0.1, -0.05) is 58.0 Å². The van der Waals surface area contributed by atoms with Gasteiger partial charge in [-0.15, -0.1) is 0 Å². The first-order valence-electron chi connectivity index (χ1n) is 9.78. The van der Waals surface area contributed by atoms with Gasteiger partial charge in [-0.25, -0.2) is 0 Å². The highest BCUT2D eigenvalue weighted by atomic mass is 16.7. The van der Waals surface area contributed by atoms with E-state index in [0.717, 1.165) is 17.9 Å². The van der Waals surface area contributed by atoms with Gasteiger partial charge in [0.25, 0.3) is 0 Å². The summed E-state index contributed by atoms with van der Waals surface area (Å²) >= 11 is 0. The minimum Gasteiger partial charge on any atom is -0.349 e. The third kappa shape index (κ3) is 2.43. The van der Waals surface area contributed by atoms with Crippen LogP contribution >= 0.6 is 0 Å². The highest BCUT2D eigenvalue weighted by Crippen LogP contribution is 2.71. The quantitative estimate of drug-likeness (QED) is 0.718. The van der Waals surface area contributed by atoms with E-state index < -0.39 is 6.10 Å². The van der Waals surface area contributed by atoms with E-state index in [1.807, 2.05) is 37.3 Å². The second-order valence-corrected chi connectivity index (χ2v) is 8.93. The molecule has 3 aliphatic rings. The van der Waals surface area contributed by atoms with Gasteiger partial charge in [-0.05, 0) is 41.9 Å². The number of carbonyl (C=O) groups is 1. The van der Waals surface area contributed by atoms with Crippen LogP contribution in [-0.4, -0.2) is 24.3 Å². The van der Waals surface area contributed by atoms with Gasteiger partial charge in [-0.2, -0.15) is 0 Å². The van der Waals surface area contributed by atoms with Gasteiger partial charge < -0.3 is 9.47 Å². The Morgan fingerprint density at radius 3 is 2.64 bits per heavy atom. The molecule has 1 heterocycles. The van der Waals surface area contributed by atoms with Crippen LogP contribution in [-0.2, 0) is 9.47 Å². The van der Waals surface area contributed by atoms with Crippen molar-refractivity contribution in [3.05, 3.63) is 35.9 Å². The van der Waals surface area contributed by atoms with Crippen LogP contribution in [0.25, 0.3) is 0 Å². The molecule has 1 aliphatic heterocycles. The van der Waals surface area contributed by atoms with Crippen molar-refractivity contribution < 1.29 is 14.3 Å². The zero-order valence-corrected chi connectivity index (χ0v) is 15.8. The average molecular weight is 342 g/mol. The molecular formula is C22H30O3. The topological polar surface area (TPSA) is 35.5 Å². The maximum atomic E-state index is 12.7. The van der Waals surface area contributed by atoms with E-state index in [1.54, 1.807) is 0 Å². The zero-order chi connectivity index (χ0) is 17.8. The molecule has 0 aromatic heterocycles. The van der Waals surface area contributed by atoms with Gasteiger partial charge in [0.05, 0.1) is 6.10 Å². The number of ether oxygens (including phenoxy) is 2. The fourth-order valence-electron chi connectivity index (χ4n) is 5.89. The number of fused-ring (bicyclic) bond motifs is 5. The van der Waals surface area contributed by atoms with Crippen molar-refractivity contribution in [2.24, 2.45) is 22.7 Å². The molecule has 25 heavy (non-hydrogen) atoms. The molecule has 0 unspecified atom stereocenters. The smallest absolute Gasteiger partial charge is 0.191 e. The van der Waals surface area contributed by atoms with E-state index >= 15 is 0 Å². The Morgan fingerprint density at radius 2 is 2.00 bits per heavy atom. The number of hydrogen-bond donors (Lipinski definition) is 0. The Labute approximate surface area is 151 Å². The summed E-state index contributed by atoms with van der Waals surface area (Å²) in [6, 6.07) is 9.46. The number of benzene rings is 1. The number of Topliss-reactive ketones (excluding diaryl/α,β-unsaturated/α-hetero) is 1. The summed E-state index contributed by atoms with van der Waals surface area (Å²) in [5.41, 5.74) is 1.31. The summed E-state index contributed by atoms with van der Waals surface area (Å²) in [6.07, 6.45) is 3.81. The minimum absolute atomic E-state index is 0.0678. The number of rotatable bonds is 5. The summed E-state index contributed by atoms with van der Waals surface area (Å²) in [5.74, 6) is 1.38. The van der Waals surface area contributed by atoms with Gasteiger partial charge in [0.1, 0.15) is 6.10 Å². The van der Waals surface area contributed by atoms with Gasteiger partial charge in [-0.3, -0.25) is 4.79 Å². The summed E-state index contributed by atoms with van der Waals surface area (Å²) < 4.78 is 12.6. The van der Waals surface area contributed by atoms with Crippen molar-refractivity contribution in [1.29, 1.82) is 0 Å². The van der Waals surface area contributed by atoms with Crippen LogP contribution < -0.4 is 0 Å². The predicted molar refractivity (Wildman–Crippen MR) is 97.3 cm³/mol. The first kappa shape index (κ1) is 17.2. The molecule has 3 heteroatoms. The Bertz CT molecular complexity index is 652. The summed E-state index contributed by atoms with van der Waals surface area (Å²) in [4.78, 5) is 12.7. The normalized spacial score (nSPS) is 39.4. The molecule has 2 saturated carbocycles. The molecule has 0 radical (unpaired) electrons. The van der Waals surface area contributed by atoms with Crippen LogP contribution in [0.3, 0.4) is 0 Å². The molecule has 6 atom stereocenters. The van der Waals surface area contributed by atoms with Crippen LogP contribution in [0.2, 0.25) is 0 Å². The second kappa shape index (κ2) is 5.92. The maximum absolute atomic E-state index is 12.7. The standard InChI is InChI=1S/C22H30O3/c1-5-17(19(23)14-9-7-6-8-10-14)24-18-13-15-16-11-12-22(4,20(15)25-18)21(16,2)3/h6-10,15-18,20H,5,11-13H2,1-4H3/t15-,16+,17+,18-,20-,22-/m0/s1. The Hall–Kier alpha value is -1.19. The zero-order valence-electron chi connectivity index (χ0n) is 15.8. The first-order chi connectivity index (χ1) is 11.9. The molecule has 2 aliphatic carbocycles. The maximum Gasteiger partial charge on any atom is 0.191 e. The van der Waals surface area contributed by atoms with Crippen molar-refractivity contribution in [1.82, 2.24) is 0 Å². The van der Waals surface area contributed by atoms with Gasteiger partial charge in [0.15, 0.2) is 12.1 Å². The van der Waals surface area contributed by atoms with Crippen molar-refractivity contribution in [2.45, 2.75) is 71.9 Å². The molecule has 1 aromatic rings. The van der Waals surface area contributed by atoms with Gasteiger partial charge >= 0.3 is 0 Å². The lowest BCUT2D eigenvalue weighted by atomic mass is 9.70. The van der Waals surface area contributed by atoms with Crippen molar-refractivity contribution >= 4 is 5.78 Å². The monoisotopic (exact) mass is 342 g/mol. The summed E-state index contributed by atoms with van der Waals surface area (Å²) in [6.45, 7) is 9.23. The van der Waals surface area contributed by atoms with Crippen LogP contribution in [0.5, 0.6) is 0 Å². The third-order valence-electron chi connectivity index (χ3n) is 7.71. The fraction of sp³-hybridized carbons (Fsp3) is 0.682. The highest BCUT2D eigenvalue weighted by Gasteiger charge is 2.69. The van der Waals surface area contributed by atoms with Crippen LogP contribution in [0.15, 0.2) is 30.3 Å². The van der Waals surface area contributed by atoms with Crippen molar-refractivity contribution in [2.75, 3.05) is 0 Å². The number of carbonyl (C=O) groups excluding carboxylic acids is 1. The molecule has 1 aromatic carbocycles. The molecule has 3 nitrogen and oxygen atoms in total. The Kier molecular flexibility index (Phi) is 4.08. The number of hydrogen-bond acceptors (Lipinski definition) is 3. The minimum atomic E-state index is -0.412. The van der Waals surface area contributed by atoms with E-state index in [9.17, 15) is 4.79 Å². The largest absolute Gasteiger partial charge is 0.349 e. The lowest BCUT2D eigenvalue weighted by molar-refractivity contribution is -0.177. The molecule has 3 fully saturated rings.